The minimum atomic E-state index is -0.0855. The molecule has 0 aliphatic rings. The zero-order chi connectivity index (χ0) is 19.8. The molecular weight excluding hydrogens is 350 g/mol. The van der Waals surface area contributed by atoms with E-state index < -0.39 is 0 Å². The van der Waals surface area contributed by atoms with Crippen molar-refractivity contribution >= 4 is 17.0 Å². The lowest BCUT2D eigenvalue weighted by atomic mass is 9.97. The van der Waals surface area contributed by atoms with Crippen molar-refractivity contribution in [3.05, 3.63) is 70.3 Å². The number of aromatic nitrogens is 4. The largest absolute Gasteiger partial charge is 0.368 e. The van der Waals surface area contributed by atoms with Crippen LogP contribution in [0, 0.1) is 13.8 Å². The van der Waals surface area contributed by atoms with E-state index in [1.807, 2.05) is 57.2 Å². The third-order valence-corrected chi connectivity index (χ3v) is 4.86. The van der Waals surface area contributed by atoms with Crippen molar-refractivity contribution in [2.75, 3.05) is 5.73 Å². The van der Waals surface area contributed by atoms with Gasteiger partial charge in [0.2, 0.25) is 5.95 Å². The molecule has 0 aliphatic carbocycles. The number of fused-ring (bicyclic) bond motifs is 1. The van der Waals surface area contributed by atoms with Gasteiger partial charge in [0.1, 0.15) is 5.65 Å². The predicted octanol–water partition coefficient (Wildman–Crippen LogP) is 3.74. The third-order valence-electron chi connectivity index (χ3n) is 4.86. The highest BCUT2D eigenvalue weighted by Gasteiger charge is 2.14. The van der Waals surface area contributed by atoms with Crippen molar-refractivity contribution in [3.8, 4) is 22.4 Å². The molecule has 0 radical (unpaired) electrons. The number of aryl methyl sites for hydroxylation is 3. The molecule has 0 amide bonds. The zero-order valence-electron chi connectivity index (χ0n) is 16.1. The van der Waals surface area contributed by atoms with Gasteiger partial charge in [-0.1, -0.05) is 18.2 Å². The summed E-state index contributed by atoms with van der Waals surface area (Å²) in [5.41, 5.74) is 11.6. The van der Waals surface area contributed by atoms with E-state index >= 15 is 0 Å². The highest BCUT2D eigenvalue weighted by atomic mass is 16.1. The van der Waals surface area contributed by atoms with Crippen molar-refractivity contribution in [2.24, 2.45) is 0 Å². The van der Waals surface area contributed by atoms with Crippen LogP contribution in [0.15, 0.2) is 53.5 Å². The van der Waals surface area contributed by atoms with E-state index in [4.69, 9.17) is 5.73 Å². The van der Waals surface area contributed by atoms with Crippen molar-refractivity contribution in [1.29, 1.82) is 0 Å². The summed E-state index contributed by atoms with van der Waals surface area (Å²) in [6, 6.07) is 13.9. The molecule has 140 valence electrons. The van der Waals surface area contributed by atoms with Gasteiger partial charge < -0.3 is 5.73 Å². The van der Waals surface area contributed by atoms with Crippen molar-refractivity contribution in [1.82, 2.24) is 19.5 Å². The maximum absolute atomic E-state index is 13.1. The second-order valence-electron chi connectivity index (χ2n) is 6.81. The fraction of sp³-hybridized carbons (Fsp3) is 0.182. The van der Waals surface area contributed by atoms with E-state index in [0.29, 0.717) is 17.8 Å². The van der Waals surface area contributed by atoms with Crippen LogP contribution in [0.2, 0.25) is 0 Å². The Morgan fingerprint density at radius 2 is 1.86 bits per heavy atom. The molecule has 0 spiro atoms. The Balaban J connectivity index is 1.90. The Hall–Kier alpha value is -3.54. The van der Waals surface area contributed by atoms with Gasteiger partial charge in [-0.2, -0.15) is 4.98 Å². The standard InChI is InChI=1S/C22H21N5O/c1-4-27-20-16(12-24-22(23)26-20)11-18(21(27)28)17-9-8-15(10-13(17)2)19-7-5-6-14(3)25-19/h5-12H,4H2,1-3H3,(H2,23,24,26). The monoisotopic (exact) mass is 371 g/mol. The Labute approximate surface area is 162 Å². The molecule has 1 aromatic carbocycles. The summed E-state index contributed by atoms with van der Waals surface area (Å²) in [6.07, 6.45) is 1.66. The number of benzene rings is 1. The van der Waals surface area contributed by atoms with Crippen LogP contribution in [0.3, 0.4) is 0 Å². The number of nitrogens with zero attached hydrogens (tertiary/aromatic N) is 4. The lowest BCUT2D eigenvalue weighted by Crippen LogP contribution is -2.22. The molecule has 0 saturated carbocycles. The van der Waals surface area contributed by atoms with Crippen LogP contribution >= 0.6 is 0 Å². The molecule has 0 atom stereocenters. The topological polar surface area (TPSA) is 86.7 Å². The Morgan fingerprint density at radius 3 is 2.57 bits per heavy atom. The Morgan fingerprint density at radius 1 is 1.04 bits per heavy atom. The molecule has 0 aliphatic heterocycles. The van der Waals surface area contributed by atoms with E-state index in [1.165, 1.54) is 0 Å². The number of nitrogen functional groups attached to an aromatic ring is 1. The first-order chi connectivity index (χ1) is 13.5. The van der Waals surface area contributed by atoms with E-state index in [2.05, 4.69) is 21.0 Å². The summed E-state index contributed by atoms with van der Waals surface area (Å²) < 4.78 is 1.64. The van der Waals surface area contributed by atoms with E-state index in [-0.39, 0.29) is 11.5 Å². The van der Waals surface area contributed by atoms with Gasteiger partial charge in [0, 0.05) is 34.9 Å². The predicted molar refractivity (Wildman–Crippen MR) is 112 cm³/mol. The van der Waals surface area contributed by atoms with Crippen LogP contribution in [0.25, 0.3) is 33.4 Å². The molecule has 4 aromatic rings. The molecule has 6 nitrogen and oxygen atoms in total. The van der Waals surface area contributed by atoms with Crippen LogP contribution in [-0.2, 0) is 6.54 Å². The molecule has 0 saturated heterocycles. The molecular formula is C22H21N5O. The van der Waals surface area contributed by atoms with E-state index in [9.17, 15) is 4.79 Å². The van der Waals surface area contributed by atoms with Crippen LogP contribution in [-0.4, -0.2) is 19.5 Å². The molecule has 0 unspecified atom stereocenters. The highest BCUT2D eigenvalue weighted by molar-refractivity contribution is 5.83. The van der Waals surface area contributed by atoms with Gasteiger partial charge in [-0.05, 0) is 56.2 Å². The molecule has 28 heavy (non-hydrogen) atoms. The molecule has 2 N–H and O–H groups in total. The van der Waals surface area contributed by atoms with Crippen molar-refractivity contribution in [3.63, 3.8) is 0 Å². The normalized spacial score (nSPS) is 11.1. The summed E-state index contributed by atoms with van der Waals surface area (Å²) in [5.74, 6) is 0.160. The average Bonchev–Trinajstić information content (AvgIpc) is 2.68. The quantitative estimate of drug-likeness (QED) is 0.593. The maximum atomic E-state index is 13.1. The number of hydrogen-bond donors (Lipinski definition) is 1. The molecule has 3 aromatic heterocycles. The number of pyridine rings is 2. The minimum Gasteiger partial charge on any atom is -0.368 e. The smallest absolute Gasteiger partial charge is 0.260 e. The van der Waals surface area contributed by atoms with Gasteiger partial charge in [0.15, 0.2) is 0 Å². The molecule has 6 heteroatoms. The lowest BCUT2D eigenvalue weighted by molar-refractivity contribution is 0.751. The van der Waals surface area contributed by atoms with Gasteiger partial charge in [-0.3, -0.25) is 14.3 Å². The first-order valence-electron chi connectivity index (χ1n) is 9.19. The average molecular weight is 371 g/mol. The van der Waals surface area contributed by atoms with Crippen molar-refractivity contribution in [2.45, 2.75) is 27.3 Å². The number of nitrogens with two attached hydrogens (primary N) is 1. The molecule has 4 rings (SSSR count). The molecule has 3 heterocycles. The molecule has 0 fully saturated rings. The number of anilines is 1. The van der Waals surface area contributed by atoms with E-state index in [1.54, 1.807) is 10.8 Å². The van der Waals surface area contributed by atoms with Gasteiger partial charge in [0.05, 0.1) is 5.69 Å². The van der Waals surface area contributed by atoms with Crippen molar-refractivity contribution < 1.29 is 0 Å². The third kappa shape index (κ3) is 3.03. The Kier molecular flexibility index (Phi) is 4.39. The summed E-state index contributed by atoms with van der Waals surface area (Å²) >= 11 is 0. The van der Waals surface area contributed by atoms with Gasteiger partial charge in [0.25, 0.3) is 5.56 Å². The SMILES string of the molecule is CCn1c(=O)c(-c2ccc(-c3cccc(C)n3)cc2C)cc2cnc(N)nc21. The van der Waals surface area contributed by atoms with Gasteiger partial charge >= 0.3 is 0 Å². The first kappa shape index (κ1) is 17.9. The van der Waals surface area contributed by atoms with Crippen LogP contribution < -0.4 is 11.3 Å². The maximum Gasteiger partial charge on any atom is 0.260 e. The fourth-order valence-electron chi connectivity index (χ4n) is 3.49. The van der Waals surface area contributed by atoms with Crippen LogP contribution in [0.5, 0.6) is 0 Å². The van der Waals surface area contributed by atoms with E-state index in [0.717, 1.165) is 33.5 Å². The summed E-state index contributed by atoms with van der Waals surface area (Å²) in [7, 11) is 0. The Bertz CT molecular complexity index is 1260. The lowest BCUT2D eigenvalue weighted by Gasteiger charge is -2.13. The summed E-state index contributed by atoms with van der Waals surface area (Å²) in [4.78, 5) is 26.0. The summed E-state index contributed by atoms with van der Waals surface area (Å²) in [5, 5.41) is 0.787. The first-order valence-corrected chi connectivity index (χ1v) is 9.19. The number of rotatable bonds is 3. The second-order valence-corrected chi connectivity index (χ2v) is 6.81. The molecule has 0 bridgehead atoms. The number of hydrogen-bond acceptors (Lipinski definition) is 5. The fourth-order valence-corrected chi connectivity index (χ4v) is 3.49. The van der Waals surface area contributed by atoms with Crippen LogP contribution in [0.4, 0.5) is 5.95 Å². The summed E-state index contributed by atoms with van der Waals surface area (Å²) in [6.45, 7) is 6.40. The minimum absolute atomic E-state index is 0.0855. The second kappa shape index (κ2) is 6.88. The van der Waals surface area contributed by atoms with Crippen LogP contribution in [0.1, 0.15) is 18.2 Å². The van der Waals surface area contributed by atoms with Gasteiger partial charge in [-0.25, -0.2) is 4.98 Å². The highest BCUT2D eigenvalue weighted by Crippen LogP contribution is 2.28. The zero-order valence-corrected chi connectivity index (χ0v) is 16.1. The van der Waals surface area contributed by atoms with Gasteiger partial charge in [-0.15, -0.1) is 0 Å².